The van der Waals surface area contributed by atoms with Crippen molar-refractivity contribution in [2.75, 3.05) is 12.4 Å². The van der Waals surface area contributed by atoms with Crippen LogP contribution in [0.2, 0.25) is 0 Å². The fourth-order valence-electron chi connectivity index (χ4n) is 2.15. The Balaban J connectivity index is 2.16. The van der Waals surface area contributed by atoms with Gasteiger partial charge in [-0.2, -0.15) is 0 Å². The molecule has 1 fully saturated rings. The van der Waals surface area contributed by atoms with Crippen LogP contribution < -0.4 is 10.1 Å². The molecule has 3 nitrogen and oxygen atoms in total. The molecule has 1 saturated carbocycles. The van der Waals surface area contributed by atoms with E-state index in [-0.39, 0.29) is 5.78 Å². The van der Waals surface area contributed by atoms with Gasteiger partial charge in [-0.25, -0.2) is 0 Å². The first-order valence-electron chi connectivity index (χ1n) is 6.34. The van der Waals surface area contributed by atoms with E-state index in [0.717, 1.165) is 41.8 Å². The van der Waals surface area contributed by atoms with E-state index in [1.165, 1.54) is 0 Å². The number of nitrogens with one attached hydrogen (secondary N) is 1. The Kier molecular flexibility index (Phi) is 4.03. The maximum Gasteiger partial charge on any atom is 0.160 e. The van der Waals surface area contributed by atoms with Gasteiger partial charge in [0.15, 0.2) is 5.78 Å². The minimum absolute atomic E-state index is 0.264. The molecule has 0 unspecified atom stereocenters. The van der Waals surface area contributed by atoms with Crippen LogP contribution in [0.15, 0.2) is 30.0 Å². The molecule has 1 aliphatic rings. The number of hydrogen-bond acceptors (Lipinski definition) is 3. The number of methoxy groups -OCH3 is 1. The van der Waals surface area contributed by atoms with Crippen molar-refractivity contribution in [3.8, 4) is 5.75 Å². The van der Waals surface area contributed by atoms with Crippen LogP contribution >= 0.6 is 0 Å². The largest absolute Gasteiger partial charge is 0.495 e. The summed E-state index contributed by atoms with van der Waals surface area (Å²) in [5.41, 5.74) is 2.96. The van der Waals surface area contributed by atoms with E-state index in [4.69, 9.17) is 4.74 Å². The molecule has 2 rings (SSSR count). The summed E-state index contributed by atoms with van der Waals surface area (Å²) in [7, 11) is 1.65. The normalized spacial score (nSPS) is 17.9. The van der Waals surface area contributed by atoms with Crippen LogP contribution in [0, 0.1) is 6.92 Å². The first-order valence-corrected chi connectivity index (χ1v) is 6.34. The summed E-state index contributed by atoms with van der Waals surface area (Å²) in [6.07, 6.45) is 5.51. The highest BCUT2D eigenvalue weighted by molar-refractivity contribution is 5.96. The highest BCUT2D eigenvalue weighted by atomic mass is 16.5. The summed E-state index contributed by atoms with van der Waals surface area (Å²) in [6, 6.07) is 5.95. The van der Waals surface area contributed by atoms with Gasteiger partial charge >= 0.3 is 0 Å². The van der Waals surface area contributed by atoms with Crippen molar-refractivity contribution < 1.29 is 9.53 Å². The van der Waals surface area contributed by atoms with Crippen molar-refractivity contribution >= 4 is 11.5 Å². The molecule has 0 spiro atoms. The number of carbonyl (C=O) groups is 1. The molecule has 1 aromatic rings. The zero-order valence-electron chi connectivity index (χ0n) is 11.0. The first-order chi connectivity index (χ1) is 8.70. The van der Waals surface area contributed by atoms with E-state index in [1.54, 1.807) is 7.11 Å². The molecule has 0 heterocycles. The molecule has 18 heavy (non-hydrogen) atoms. The van der Waals surface area contributed by atoms with E-state index in [9.17, 15) is 4.79 Å². The SMILES string of the molecule is COc1ccc(C)cc1N/C=C1\CCCCC1=O. The van der Waals surface area contributed by atoms with Gasteiger partial charge in [-0.3, -0.25) is 4.79 Å². The maximum absolute atomic E-state index is 11.7. The Morgan fingerprint density at radius 3 is 2.78 bits per heavy atom. The lowest BCUT2D eigenvalue weighted by Gasteiger charge is -2.14. The van der Waals surface area contributed by atoms with Crippen LogP contribution in [-0.4, -0.2) is 12.9 Å². The first kappa shape index (κ1) is 12.7. The molecule has 1 aromatic carbocycles. The predicted octanol–water partition coefficient (Wildman–Crippen LogP) is 3.44. The van der Waals surface area contributed by atoms with Crippen LogP contribution in [0.5, 0.6) is 5.75 Å². The number of Topliss-reactive ketones (excluding diaryl/α,β-unsaturated/α-hetero) is 1. The second-order valence-electron chi connectivity index (χ2n) is 4.65. The number of aryl methyl sites for hydroxylation is 1. The van der Waals surface area contributed by atoms with Crippen molar-refractivity contribution in [2.24, 2.45) is 0 Å². The third kappa shape index (κ3) is 2.92. The third-order valence-corrected chi connectivity index (χ3v) is 3.21. The number of carbonyl (C=O) groups excluding carboxylic acids is 1. The van der Waals surface area contributed by atoms with E-state index in [0.29, 0.717) is 6.42 Å². The summed E-state index contributed by atoms with van der Waals surface area (Å²) in [6.45, 7) is 2.03. The van der Waals surface area contributed by atoms with E-state index < -0.39 is 0 Å². The van der Waals surface area contributed by atoms with E-state index in [2.05, 4.69) is 5.32 Å². The number of allylic oxidation sites excluding steroid dienone is 1. The van der Waals surface area contributed by atoms with E-state index in [1.807, 2.05) is 31.3 Å². The molecule has 96 valence electrons. The van der Waals surface area contributed by atoms with Gasteiger partial charge in [-0.15, -0.1) is 0 Å². The van der Waals surface area contributed by atoms with E-state index >= 15 is 0 Å². The minimum atomic E-state index is 0.264. The average molecular weight is 245 g/mol. The quantitative estimate of drug-likeness (QED) is 0.829. The van der Waals surface area contributed by atoms with Crippen molar-refractivity contribution in [1.82, 2.24) is 0 Å². The molecule has 0 radical (unpaired) electrons. The maximum atomic E-state index is 11.7. The second kappa shape index (κ2) is 5.71. The lowest BCUT2D eigenvalue weighted by Crippen LogP contribution is -2.10. The molecular weight excluding hydrogens is 226 g/mol. The van der Waals surface area contributed by atoms with Crippen LogP contribution in [0.25, 0.3) is 0 Å². The van der Waals surface area contributed by atoms with Crippen LogP contribution in [-0.2, 0) is 4.79 Å². The van der Waals surface area contributed by atoms with Crippen molar-refractivity contribution in [3.05, 3.63) is 35.5 Å². The molecule has 0 bridgehead atoms. The van der Waals surface area contributed by atoms with Gasteiger partial charge in [0.1, 0.15) is 5.75 Å². The molecule has 0 aliphatic heterocycles. The number of ether oxygens (including phenoxy) is 1. The molecule has 1 aliphatic carbocycles. The van der Waals surface area contributed by atoms with Crippen molar-refractivity contribution in [3.63, 3.8) is 0 Å². The van der Waals surface area contributed by atoms with Gasteiger partial charge in [0.05, 0.1) is 12.8 Å². The minimum Gasteiger partial charge on any atom is -0.495 e. The van der Waals surface area contributed by atoms with Crippen LogP contribution in [0.4, 0.5) is 5.69 Å². The van der Waals surface area contributed by atoms with Gasteiger partial charge in [-0.05, 0) is 43.9 Å². The smallest absolute Gasteiger partial charge is 0.160 e. The molecule has 0 amide bonds. The fourth-order valence-corrected chi connectivity index (χ4v) is 2.15. The Labute approximate surface area is 108 Å². The number of benzene rings is 1. The second-order valence-corrected chi connectivity index (χ2v) is 4.65. The van der Waals surface area contributed by atoms with Crippen LogP contribution in [0.1, 0.15) is 31.2 Å². The Bertz CT molecular complexity index is 477. The summed E-state index contributed by atoms with van der Waals surface area (Å²) >= 11 is 0. The lowest BCUT2D eigenvalue weighted by atomic mass is 9.94. The van der Waals surface area contributed by atoms with Crippen molar-refractivity contribution in [2.45, 2.75) is 32.6 Å². The van der Waals surface area contributed by atoms with Gasteiger partial charge in [0.25, 0.3) is 0 Å². The summed E-state index contributed by atoms with van der Waals surface area (Å²) in [5.74, 6) is 1.06. The zero-order chi connectivity index (χ0) is 13.0. The van der Waals surface area contributed by atoms with Gasteiger partial charge < -0.3 is 10.1 Å². The molecule has 3 heteroatoms. The van der Waals surface area contributed by atoms with Gasteiger partial charge in [0, 0.05) is 18.2 Å². The fraction of sp³-hybridized carbons (Fsp3) is 0.400. The highest BCUT2D eigenvalue weighted by Crippen LogP contribution is 2.26. The highest BCUT2D eigenvalue weighted by Gasteiger charge is 2.14. The number of anilines is 1. The lowest BCUT2D eigenvalue weighted by molar-refractivity contribution is -0.116. The standard InChI is InChI=1S/C15H19NO2/c1-11-7-8-15(18-2)13(9-11)16-10-12-5-3-4-6-14(12)17/h7-10,16H,3-6H2,1-2H3/b12-10+. The molecule has 0 atom stereocenters. The Morgan fingerprint density at radius 1 is 1.28 bits per heavy atom. The Hall–Kier alpha value is -1.77. The van der Waals surface area contributed by atoms with Gasteiger partial charge in [-0.1, -0.05) is 6.07 Å². The predicted molar refractivity (Wildman–Crippen MR) is 72.9 cm³/mol. The van der Waals surface area contributed by atoms with Crippen molar-refractivity contribution in [1.29, 1.82) is 0 Å². The summed E-state index contributed by atoms with van der Waals surface area (Å²) < 4.78 is 5.29. The Morgan fingerprint density at radius 2 is 2.06 bits per heavy atom. The number of hydrogen-bond donors (Lipinski definition) is 1. The van der Waals surface area contributed by atoms with Crippen LogP contribution in [0.3, 0.4) is 0 Å². The van der Waals surface area contributed by atoms with Gasteiger partial charge in [0.2, 0.25) is 0 Å². The zero-order valence-corrected chi connectivity index (χ0v) is 11.0. The topological polar surface area (TPSA) is 38.3 Å². The molecule has 0 saturated heterocycles. The summed E-state index contributed by atoms with van der Waals surface area (Å²) in [5, 5.41) is 3.20. The molecular formula is C15H19NO2. The number of rotatable bonds is 3. The average Bonchev–Trinajstić information content (AvgIpc) is 2.38. The monoisotopic (exact) mass is 245 g/mol. The summed E-state index contributed by atoms with van der Waals surface area (Å²) in [4.78, 5) is 11.7. The molecule has 0 aromatic heterocycles. The molecule has 1 N–H and O–H groups in total. The third-order valence-electron chi connectivity index (χ3n) is 3.21. The number of ketones is 1.